The van der Waals surface area contributed by atoms with Gasteiger partial charge in [-0.2, -0.15) is 0 Å². The first-order valence-corrected chi connectivity index (χ1v) is 13.0. The Morgan fingerprint density at radius 3 is 2.38 bits per heavy atom. The Morgan fingerprint density at radius 1 is 1.15 bits per heavy atom. The summed E-state index contributed by atoms with van der Waals surface area (Å²) < 4.78 is 16.7. The van der Waals surface area contributed by atoms with E-state index in [1.54, 1.807) is 0 Å². The topological polar surface area (TPSA) is 193 Å². The van der Waals surface area contributed by atoms with Crippen molar-refractivity contribution in [3.05, 3.63) is 0 Å². The highest BCUT2D eigenvalue weighted by molar-refractivity contribution is 6.01. The average molecular weight is 557 g/mol. The van der Waals surface area contributed by atoms with Crippen LogP contribution in [0.15, 0.2) is 0 Å². The summed E-state index contributed by atoms with van der Waals surface area (Å²) >= 11 is 0. The number of nitrogens with one attached hydrogen (secondary N) is 2. The Bertz CT molecular complexity index is 924. The Balaban J connectivity index is 1.91. The first-order chi connectivity index (χ1) is 18.3. The van der Waals surface area contributed by atoms with Crippen LogP contribution in [0.2, 0.25) is 0 Å². The molecule has 0 aromatic rings. The van der Waals surface area contributed by atoms with Gasteiger partial charge >= 0.3 is 11.9 Å². The minimum absolute atomic E-state index is 0.0219. The van der Waals surface area contributed by atoms with Crippen LogP contribution in [-0.2, 0) is 47.8 Å². The summed E-state index contributed by atoms with van der Waals surface area (Å²) in [7, 11) is 1.19. The zero-order valence-electron chi connectivity index (χ0n) is 23.2. The van der Waals surface area contributed by atoms with E-state index in [1.807, 2.05) is 20.8 Å². The molecule has 2 rings (SSSR count). The third kappa shape index (κ3) is 8.97. The summed E-state index contributed by atoms with van der Waals surface area (Å²) in [6.07, 6.45) is -0.724. The molecule has 0 aromatic carbocycles. The number of methoxy groups -OCH3 is 1. The lowest BCUT2D eigenvalue weighted by Gasteiger charge is -2.51. The van der Waals surface area contributed by atoms with Gasteiger partial charge in [0.25, 0.3) is 11.8 Å². The second kappa shape index (κ2) is 14.3. The normalized spacial score (nSPS) is 25.1. The molecule has 2 saturated heterocycles. The number of hydrogen-bond acceptors (Lipinski definition) is 11. The average Bonchev–Trinajstić information content (AvgIpc) is 3.18. The first-order valence-electron chi connectivity index (χ1n) is 13.0. The molecule has 2 aliphatic rings. The van der Waals surface area contributed by atoms with E-state index in [0.29, 0.717) is 17.9 Å². The lowest BCUT2D eigenvalue weighted by molar-refractivity contribution is -0.253. The molecule has 5 unspecified atom stereocenters. The SMILES string of the molecule is COC(=O)C(N)CC(=O)NCC1OC(OCCCCC(=O)ON2C(=O)CCC2=O)C(NC(C)=O)C(C)(C)C1C. The summed E-state index contributed by atoms with van der Waals surface area (Å²) in [6, 6.07) is -1.58. The number of rotatable bonds is 13. The molecule has 0 saturated carbocycles. The number of carbonyl (C=O) groups is 6. The molecule has 0 aliphatic carbocycles. The maximum absolute atomic E-state index is 12.3. The van der Waals surface area contributed by atoms with Gasteiger partial charge in [-0.3, -0.25) is 24.0 Å². The molecule has 4 N–H and O–H groups in total. The first kappa shape index (κ1) is 32.1. The van der Waals surface area contributed by atoms with Crippen molar-refractivity contribution in [2.24, 2.45) is 17.1 Å². The van der Waals surface area contributed by atoms with Crippen molar-refractivity contribution in [3.8, 4) is 0 Å². The van der Waals surface area contributed by atoms with E-state index in [1.165, 1.54) is 14.0 Å². The van der Waals surface area contributed by atoms with E-state index in [-0.39, 0.29) is 50.7 Å². The smallest absolute Gasteiger partial charge is 0.333 e. The van der Waals surface area contributed by atoms with Crippen LogP contribution in [-0.4, -0.2) is 85.4 Å². The number of nitrogens with zero attached hydrogens (tertiary/aromatic N) is 1. The summed E-state index contributed by atoms with van der Waals surface area (Å²) in [5.74, 6) is -3.27. The molecule has 0 spiro atoms. The van der Waals surface area contributed by atoms with Crippen molar-refractivity contribution >= 4 is 35.6 Å². The molecule has 0 bridgehead atoms. The van der Waals surface area contributed by atoms with Gasteiger partial charge in [-0.15, -0.1) is 5.06 Å². The van der Waals surface area contributed by atoms with Gasteiger partial charge in [0, 0.05) is 39.3 Å². The Labute approximate surface area is 227 Å². The van der Waals surface area contributed by atoms with Gasteiger partial charge in [-0.25, -0.2) is 4.79 Å². The minimum atomic E-state index is -1.08. The summed E-state index contributed by atoms with van der Waals surface area (Å²) in [4.78, 5) is 75.7. The molecule has 14 nitrogen and oxygen atoms in total. The molecule has 2 fully saturated rings. The molecule has 2 heterocycles. The predicted molar refractivity (Wildman–Crippen MR) is 134 cm³/mol. The van der Waals surface area contributed by atoms with Crippen molar-refractivity contribution < 1.29 is 47.8 Å². The molecule has 4 amide bonds. The Hall–Kier alpha value is -3.10. The summed E-state index contributed by atoms with van der Waals surface area (Å²) in [5, 5.41) is 6.15. The van der Waals surface area contributed by atoms with Gasteiger partial charge in [-0.1, -0.05) is 20.8 Å². The van der Waals surface area contributed by atoms with Crippen LogP contribution in [0.3, 0.4) is 0 Å². The molecule has 14 heteroatoms. The number of carbonyl (C=O) groups excluding carboxylic acids is 6. The molecule has 0 aromatic heterocycles. The third-order valence-corrected chi connectivity index (χ3v) is 7.14. The number of amides is 4. The van der Waals surface area contributed by atoms with Gasteiger partial charge in [0.15, 0.2) is 6.29 Å². The number of ether oxygens (including phenoxy) is 3. The van der Waals surface area contributed by atoms with Crippen LogP contribution in [0.5, 0.6) is 0 Å². The number of hydrogen-bond donors (Lipinski definition) is 3. The number of unbranched alkanes of at least 4 members (excludes halogenated alkanes) is 1. The van der Waals surface area contributed by atoms with Crippen molar-refractivity contribution in [3.63, 3.8) is 0 Å². The van der Waals surface area contributed by atoms with E-state index < -0.39 is 59.6 Å². The molecular formula is C25H40N4O10. The molecule has 39 heavy (non-hydrogen) atoms. The predicted octanol–water partition coefficient (Wildman–Crippen LogP) is -0.321. The van der Waals surface area contributed by atoms with Gasteiger partial charge in [0.05, 0.1) is 25.7 Å². The standard InChI is InChI=1S/C25H40N4O10/c1-14-17(13-27-18(31)12-16(26)23(35)36-5)38-24(22(25(14,3)4)28-15(2)30)37-11-7-6-8-21(34)39-29-19(32)9-10-20(29)33/h14,16-17,22,24H,6-13,26H2,1-5H3,(H,27,31)(H,28,30). The second-order valence-corrected chi connectivity index (χ2v) is 10.3. The highest BCUT2D eigenvalue weighted by atomic mass is 16.7. The minimum Gasteiger partial charge on any atom is -0.468 e. The molecule has 5 atom stereocenters. The molecule has 220 valence electrons. The van der Waals surface area contributed by atoms with Crippen molar-refractivity contribution in [1.82, 2.24) is 15.7 Å². The monoisotopic (exact) mass is 556 g/mol. The van der Waals surface area contributed by atoms with E-state index >= 15 is 0 Å². The number of hydroxylamine groups is 2. The van der Waals surface area contributed by atoms with Crippen LogP contribution in [0.4, 0.5) is 0 Å². The quantitative estimate of drug-likeness (QED) is 0.153. The number of esters is 1. The van der Waals surface area contributed by atoms with Crippen LogP contribution in [0.25, 0.3) is 0 Å². The molecule has 2 aliphatic heterocycles. The van der Waals surface area contributed by atoms with Gasteiger partial charge in [0.2, 0.25) is 11.8 Å². The van der Waals surface area contributed by atoms with Gasteiger partial charge in [-0.05, 0) is 24.2 Å². The summed E-state index contributed by atoms with van der Waals surface area (Å²) in [5.41, 5.74) is 5.16. The zero-order chi connectivity index (χ0) is 29.3. The maximum Gasteiger partial charge on any atom is 0.333 e. The number of imide groups is 1. The van der Waals surface area contributed by atoms with Crippen LogP contribution in [0.1, 0.15) is 66.2 Å². The summed E-state index contributed by atoms with van der Waals surface area (Å²) in [6.45, 7) is 7.60. The molecular weight excluding hydrogens is 516 g/mol. The van der Waals surface area contributed by atoms with E-state index in [4.69, 9.17) is 20.0 Å². The zero-order valence-corrected chi connectivity index (χ0v) is 23.2. The number of nitrogens with two attached hydrogens (primary N) is 1. The highest BCUT2D eigenvalue weighted by Crippen LogP contribution is 2.41. The molecule has 0 radical (unpaired) electrons. The fourth-order valence-electron chi connectivity index (χ4n) is 4.41. The third-order valence-electron chi connectivity index (χ3n) is 7.14. The van der Waals surface area contributed by atoms with Crippen molar-refractivity contribution in [2.75, 3.05) is 20.3 Å². The largest absolute Gasteiger partial charge is 0.468 e. The van der Waals surface area contributed by atoms with E-state index in [9.17, 15) is 28.8 Å². The van der Waals surface area contributed by atoms with Crippen LogP contribution >= 0.6 is 0 Å². The van der Waals surface area contributed by atoms with Crippen LogP contribution < -0.4 is 16.4 Å². The van der Waals surface area contributed by atoms with E-state index in [0.717, 1.165) is 0 Å². The van der Waals surface area contributed by atoms with Gasteiger partial charge < -0.3 is 35.4 Å². The van der Waals surface area contributed by atoms with Crippen LogP contribution in [0, 0.1) is 11.3 Å². The lowest BCUT2D eigenvalue weighted by Crippen LogP contribution is -2.64. The van der Waals surface area contributed by atoms with Gasteiger partial charge in [0.1, 0.15) is 6.04 Å². The fraction of sp³-hybridized carbons (Fsp3) is 0.760. The maximum atomic E-state index is 12.3. The fourth-order valence-corrected chi connectivity index (χ4v) is 4.41. The Kier molecular flexibility index (Phi) is 11.8. The van der Waals surface area contributed by atoms with E-state index in [2.05, 4.69) is 15.4 Å². The van der Waals surface area contributed by atoms with Crippen molar-refractivity contribution in [2.45, 2.75) is 90.7 Å². The Morgan fingerprint density at radius 2 is 1.79 bits per heavy atom. The van der Waals surface area contributed by atoms with Crippen molar-refractivity contribution in [1.29, 1.82) is 0 Å². The second-order valence-electron chi connectivity index (χ2n) is 10.3. The highest BCUT2D eigenvalue weighted by Gasteiger charge is 2.50. The lowest BCUT2D eigenvalue weighted by atomic mass is 9.69.